The lowest BCUT2D eigenvalue weighted by atomic mass is 10.1. The average Bonchev–Trinajstić information content (AvgIpc) is 2.94. The molecule has 18 heavy (non-hydrogen) atoms. The Bertz CT molecular complexity index is 438. The molecule has 4 heteroatoms. The lowest BCUT2D eigenvalue weighted by molar-refractivity contribution is 0.298. The average molecular weight is 250 g/mol. The molecule has 2 saturated heterocycles. The van der Waals surface area contributed by atoms with E-state index in [4.69, 9.17) is 0 Å². The summed E-state index contributed by atoms with van der Waals surface area (Å²) in [4.78, 5) is 2.53. The summed E-state index contributed by atoms with van der Waals surface area (Å²) in [6.07, 6.45) is 3.70. The predicted molar refractivity (Wildman–Crippen MR) is 67.9 cm³/mol. The topological polar surface area (TPSA) is 35.5 Å². The van der Waals surface area contributed by atoms with E-state index < -0.39 is 5.82 Å². The number of para-hydroxylation sites is 1. The molecule has 2 N–H and O–H groups in total. The molecule has 3 rings (SSSR count). The molecule has 2 aliphatic rings. The quantitative estimate of drug-likeness (QED) is 0.859. The van der Waals surface area contributed by atoms with Gasteiger partial charge in [0.05, 0.1) is 0 Å². The minimum Gasteiger partial charge on any atom is -0.505 e. The van der Waals surface area contributed by atoms with Crippen molar-refractivity contribution in [3.8, 4) is 5.75 Å². The number of nitrogens with one attached hydrogen (secondary N) is 1. The zero-order chi connectivity index (χ0) is 12.5. The first-order valence-corrected chi connectivity index (χ1v) is 6.69. The van der Waals surface area contributed by atoms with E-state index in [1.54, 1.807) is 12.1 Å². The highest BCUT2D eigenvalue weighted by Crippen LogP contribution is 2.28. The van der Waals surface area contributed by atoms with Gasteiger partial charge < -0.3 is 10.4 Å². The van der Waals surface area contributed by atoms with E-state index in [-0.39, 0.29) is 5.75 Å². The first-order valence-electron chi connectivity index (χ1n) is 6.69. The summed E-state index contributed by atoms with van der Waals surface area (Å²) in [5.74, 6) is -0.755. The Labute approximate surface area is 107 Å². The Morgan fingerprint density at radius 2 is 2.22 bits per heavy atom. The van der Waals surface area contributed by atoms with E-state index in [1.165, 1.54) is 25.5 Å². The molecular formula is C14H19FN2O. The Morgan fingerprint density at radius 3 is 3.11 bits per heavy atom. The van der Waals surface area contributed by atoms with Crippen LogP contribution in [-0.4, -0.2) is 35.2 Å². The number of hydrogen-bond acceptors (Lipinski definition) is 3. The molecule has 0 amide bonds. The van der Waals surface area contributed by atoms with Crippen LogP contribution in [0.25, 0.3) is 0 Å². The number of hydrogen-bond donors (Lipinski definition) is 2. The van der Waals surface area contributed by atoms with Gasteiger partial charge in [0, 0.05) is 30.7 Å². The highest BCUT2D eigenvalue weighted by molar-refractivity contribution is 5.33. The summed E-state index contributed by atoms with van der Waals surface area (Å²) in [7, 11) is 0. The van der Waals surface area contributed by atoms with Crippen LogP contribution in [0.3, 0.4) is 0 Å². The summed E-state index contributed by atoms with van der Waals surface area (Å²) in [5, 5.41) is 13.1. The Kier molecular flexibility index (Phi) is 3.22. The molecular weight excluding hydrogens is 231 g/mol. The number of benzene rings is 1. The van der Waals surface area contributed by atoms with Crippen LogP contribution in [0.4, 0.5) is 4.39 Å². The van der Waals surface area contributed by atoms with Gasteiger partial charge in [-0.3, -0.25) is 4.90 Å². The molecule has 2 fully saturated rings. The highest BCUT2D eigenvalue weighted by atomic mass is 19.1. The molecule has 1 aromatic rings. The van der Waals surface area contributed by atoms with E-state index in [2.05, 4.69) is 10.2 Å². The second-order valence-electron chi connectivity index (χ2n) is 5.27. The van der Waals surface area contributed by atoms with Crippen molar-refractivity contribution in [3.05, 3.63) is 29.6 Å². The Hall–Kier alpha value is -1.13. The summed E-state index contributed by atoms with van der Waals surface area (Å²) >= 11 is 0. The lowest BCUT2D eigenvalue weighted by Gasteiger charge is -2.21. The maximum Gasteiger partial charge on any atom is 0.165 e. The number of halogens is 1. The van der Waals surface area contributed by atoms with Gasteiger partial charge in [0.25, 0.3) is 0 Å². The smallest absolute Gasteiger partial charge is 0.165 e. The maximum atomic E-state index is 13.2. The summed E-state index contributed by atoms with van der Waals surface area (Å²) in [6, 6.07) is 5.82. The van der Waals surface area contributed by atoms with Crippen molar-refractivity contribution in [2.24, 2.45) is 0 Å². The van der Waals surface area contributed by atoms with Gasteiger partial charge in [0.15, 0.2) is 11.6 Å². The summed E-state index contributed by atoms with van der Waals surface area (Å²) in [6.45, 7) is 2.92. The van der Waals surface area contributed by atoms with Gasteiger partial charge in [-0.05, 0) is 31.9 Å². The van der Waals surface area contributed by atoms with E-state index in [0.717, 1.165) is 13.0 Å². The molecule has 0 saturated carbocycles. The number of rotatable bonds is 3. The van der Waals surface area contributed by atoms with Crippen LogP contribution in [-0.2, 0) is 6.54 Å². The molecule has 1 aromatic carbocycles. The standard InChI is InChI=1S/C14H19FN2O/c15-11-4-1-3-10(14(11)18)9-16-12-6-8-17-7-2-5-13(12)17/h1,3-4,12-13,16,18H,2,5-9H2. The molecule has 2 atom stereocenters. The third-order valence-electron chi connectivity index (χ3n) is 4.23. The molecule has 3 nitrogen and oxygen atoms in total. The predicted octanol–water partition coefficient (Wildman–Crippen LogP) is 1.86. The zero-order valence-electron chi connectivity index (χ0n) is 10.4. The monoisotopic (exact) mass is 250 g/mol. The van der Waals surface area contributed by atoms with Gasteiger partial charge >= 0.3 is 0 Å². The van der Waals surface area contributed by atoms with Crippen LogP contribution < -0.4 is 5.32 Å². The molecule has 0 spiro atoms. The lowest BCUT2D eigenvalue weighted by Crippen LogP contribution is -2.38. The highest BCUT2D eigenvalue weighted by Gasteiger charge is 2.36. The molecule has 2 aliphatic heterocycles. The summed E-state index contributed by atoms with van der Waals surface area (Å²) < 4.78 is 13.2. The largest absolute Gasteiger partial charge is 0.505 e. The van der Waals surface area contributed by atoms with Crippen molar-refractivity contribution in [1.82, 2.24) is 10.2 Å². The normalized spacial score (nSPS) is 27.6. The second kappa shape index (κ2) is 4.86. The van der Waals surface area contributed by atoms with Crippen LogP contribution in [0, 0.1) is 5.82 Å². The van der Waals surface area contributed by atoms with E-state index >= 15 is 0 Å². The number of aromatic hydroxyl groups is 1. The third-order valence-corrected chi connectivity index (χ3v) is 4.23. The van der Waals surface area contributed by atoms with Crippen LogP contribution in [0.2, 0.25) is 0 Å². The van der Waals surface area contributed by atoms with E-state index in [9.17, 15) is 9.50 Å². The van der Waals surface area contributed by atoms with Crippen molar-refractivity contribution >= 4 is 0 Å². The molecule has 2 heterocycles. The molecule has 98 valence electrons. The number of nitrogens with zero attached hydrogens (tertiary/aromatic N) is 1. The van der Waals surface area contributed by atoms with Crippen molar-refractivity contribution < 1.29 is 9.50 Å². The SMILES string of the molecule is Oc1c(F)cccc1CNC1CCN2CCCC12. The number of phenolic OH excluding ortho intramolecular Hbond substituents is 1. The van der Waals surface area contributed by atoms with Crippen molar-refractivity contribution in [1.29, 1.82) is 0 Å². The fourth-order valence-electron chi connectivity index (χ4n) is 3.26. The van der Waals surface area contributed by atoms with Crippen molar-refractivity contribution in [2.75, 3.05) is 13.1 Å². The molecule has 0 radical (unpaired) electrons. The first kappa shape index (κ1) is 11.9. The fraction of sp³-hybridized carbons (Fsp3) is 0.571. The van der Waals surface area contributed by atoms with E-state index in [1.807, 2.05) is 0 Å². The molecule has 0 aromatic heterocycles. The zero-order valence-corrected chi connectivity index (χ0v) is 10.4. The Morgan fingerprint density at radius 1 is 1.33 bits per heavy atom. The van der Waals surface area contributed by atoms with Crippen LogP contribution in [0.5, 0.6) is 5.75 Å². The minimum absolute atomic E-state index is 0.216. The summed E-state index contributed by atoms with van der Waals surface area (Å²) in [5.41, 5.74) is 0.645. The number of phenols is 1. The fourth-order valence-corrected chi connectivity index (χ4v) is 3.26. The van der Waals surface area contributed by atoms with Gasteiger partial charge in [-0.1, -0.05) is 12.1 Å². The van der Waals surface area contributed by atoms with Crippen LogP contribution in [0.15, 0.2) is 18.2 Å². The molecule has 0 aliphatic carbocycles. The maximum absolute atomic E-state index is 13.2. The van der Waals surface area contributed by atoms with Crippen LogP contribution in [0.1, 0.15) is 24.8 Å². The van der Waals surface area contributed by atoms with Gasteiger partial charge in [-0.25, -0.2) is 4.39 Å². The number of fused-ring (bicyclic) bond motifs is 1. The first-order chi connectivity index (χ1) is 8.75. The third kappa shape index (κ3) is 2.10. The Balaban J connectivity index is 1.63. The molecule has 0 bridgehead atoms. The van der Waals surface area contributed by atoms with Crippen molar-refractivity contribution in [3.63, 3.8) is 0 Å². The van der Waals surface area contributed by atoms with Gasteiger partial charge in [-0.15, -0.1) is 0 Å². The van der Waals surface area contributed by atoms with Gasteiger partial charge in [0.1, 0.15) is 0 Å². The molecule has 2 unspecified atom stereocenters. The second-order valence-corrected chi connectivity index (χ2v) is 5.27. The van der Waals surface area contributed by atoms with Gasteiger partial charge in [0.2, 0.25) is 0 Å². The van der Waals surface area contributed by atoms with Crippen LogP contribution >= 0.6 is 0 Å². The van der Waals surface area contributed by atoms with E-state index in [0.29, 0.717) is 24.2 Å². The van der Waals surface area contributed by atoms with Gasteiger partial charge in [-0.2, -0.15) is 0 Å². The minimum atomic E-state index is -0.539. The van der Waals surface area contributed by atoms with Crippen molar-refractivity contribution in [2.45, 2.75) is 37.9 Å².